The number of carbonyl (C=O) groups is 2. The van der Waals surface area contributed by atoms with Crippen molar-refractivity contribution >= 4 is 11.9 Å². The highest BCUT2D eigenvalue weighted by molar-refractivity contribution is 5.89. The normalized spacial score (nSPS) is 11.5. The summed E-state index contributed by atoms with van der Waals surface area (Å²) >= 11 is 0. The van der Waals surface area contributed by atoms with E-state index < -0.39 is 11.9 Å². The van der Waals surface area contributed by atoms with Crippen molar-refractivity contribution in [3.63, 3.8) is 0 Å². The molecule has 0 aliphatic heterocycles. The van der Waals surface area contributed by atoms with Gasteiger partial charge in [0.1, 0.15) is 6.61 Å². The van der Waals surface area contributed by atoms with Crippen LogP contribution >= 0.6 is 0 Å². The predicted molar refractivity (Wildman–Crippen MR) is 68.3 cm³/mol. The van der Waals surface area contributed by atoms with E-state index in [1.165, 1.54) is 18.2 Å². The Bertz CT molecular complexity index is 475. The Kier molecular flexibility index (Phi) is 5.38. The van der Waals surface area contributed by atoms with Crippen LogP contribution in [0.25, 0.3) is 0 Å². The summed E-state index contributed by atoms with van der Waals surface area (Å²) in [6.45, 7) is 1.84. The van der Waals surface area contributed by atoms with Gasteiger partial charge in [0.25, 0.3) is 0 Å². The molecule has 1 amide bonds. The zero-order chi connectivity index (χ0) is 13.4. The number of amides is 1. The molecule has 18 heavy (non-hydrogen) atoms. The fourth-order valence-electron chi connectivity index (χ4n) is 1.19. The molecule has 0 radical (unpaired) electrons. The molecule has 2 N–H and O–H groups in total. The third kappa shape index (κ3) is 5.12. The Morgan fingerprint density at radius 2 is 1.94 bits per heavy atom. The van der Waals surface area contributed by atoms with Gasteiger partial charge in [0.05, 0.1) is 0 Å². The molecule has 0 unspecified atom stereocenters. The third-order valence-electron chi connectivity index (χ3n) is 2.14. The topological polar surface area (TPSA) is 69.4 Å². The molecule has 0 heterocycles. The summed E-state index contributed by atoms with van der Waals surface area (Å²) in [6.07, 6.45) is 4.08. The van der Waals surface area contributed by atoms with E-state index in [1.54, 1.807) is 6.92 Å². The highest BCUT2D eigenvalue weighted by Crippen LogP contribution is 2.04. The van der Waals surface area contributed by atoms with Gasteiger partial charge in [0.15, 0.2) is 0 Å². The van der Waals surface area contributed by atoms with Crippen LogP contribution in [0.4, 0.5) is 0 Å². The zero-order valence-electron chi connectivity index (χ0n) is 10.1. The van der Waals surface area contributed by atoms with Crippen LogP contribution in [0, 0.1) is 0 Å². The van der Waals surface area contributed by atoms with Gasteiger partial charge < -0.3 is 10.5 Å². The lowest BCUT2D eigenvalue weighted by atomic mass is 10.2. The minimum Gasteiger partial charge on any atom is -0.457 e. The highest BCUT2D eigenvalue weighted by atomic mass is 16.5. The third-order valence-corrected chi connectivity index (χ3v) is 2.14. The first-order valence-corrected chi connectivity index (χ1v) is 5.45. The molecular weight excluding hydrogens is 230 g/mol. The van der Waals surface area contributed by atoms with Gasteiger partial charge in [0, 0.05) is 11.6 Å². The Labute approximate surface area is 106 Å². The lowest BCUT2D eigenvalue weighted by molar-refractivity contribution is -0.140. The van der Waals surface area contributed by atoms with Crippen molar-refractivity contribution in [1.82, 2.24) is 0 Å². The van der Waals surface area contributed by atoms with Gasteiger partial charge in [-0.1, -0.05) is 42.5 Å². The first-order chi connectivity index (χ1) is 8.59. The van der Waals surface area contributed by atoms with Crippen molar-refractivity contribution in [1.29, 1.82) is 0 Å². The van der Waals surface area contributed by atoms with Gasteiger partial charge in [0.2, 0.25) is 5.91 Å². The SMILES string of the molecule is CC(=CC=CC(N)=O)C(=O)OCc1ccccc1. The summed E-state index contributed by atoms with van der Waals surface area (Å²) in [6, 6.07) is 9.40. The molecule has 0 atom stereocenters. The number of esters is 1. The lowest BCUT2D eigenvalue weighted by Gasteiger charge is -2.04. The van der Waals surface area contributed by atoms with E-state index in [-0.39, 0.29) is 6.61 Å². The number of ether oxygens (including phenoxy) is 1. The molecule has 0 saturated carbocycles. The van der Waals surface area contributed by atoms with Gasteiger partial charge in [-0.2, -0.15) is 0 Å². The van der Waals surface area contributed by atoms with E-state index in [1.807, 2.05) is 30.3 Å². The molecule has 94 valence electrons. The molecule has 1 rings (SSSR count). The Morgan fingerprint density at radius 1 is 1.28 bits per heavy atom. The van der Waals surface area contributed by atoms with Crippen LogP contribution in [-0.2, 0) is 20.9 Å². The average molecular weight is 245 g/mol. The summed E-state index contributed by atoms with van der Waals surface area (Å²) in [4.78, 5) is 22.0. The summed E-state index contributed by atoms with van der Waals surface area (Å²) in [5.41, 5.74) is 6.25. The molecular formula is C14H15NO3. The van der Waals surface area contributed by atoms with Crippen LogP contribution in [0.2, 0.25) is 0 Å². The van der Waals surface area contributed by atoms with Crippen LogP contribution in [0.1, 0.15) is 12.5 Å². The number of benzene rings is 1. The van der Waals surface area contributed by atoms with Gasteiger partial charge in [-0.3, -0.25) is 4.79 Å². The van der Waals surface area contributed by atoms with Crippen LogP contribution in [-0.4, -0.2) is 11.9 Å². The van der Waals surface area contributed by atoms with Crippen molar-refractivity contribution in [3.05, 3.63) is 59.7 Å². The largest absolute Gasteiger partial charge is 0.457 e. The lowest BCUT2D eigenvalue weighted by Crippen LogP contribution is -2.06. The second-order valence-electron chi connectivity index (χ2n) is 3.67. The number of rotatable bonds is 5. The van der Waals surface area contributed by atoms with E-state index >= 15 is 0 Å². The van der Waals surface area contributed by atoms with Gasteiger partial charge in [-0.15, -0.1) is 0 Å². The second-order valence-corrected chi connectivity index (χ2v) is 3.67. The van der Waals surface area contributed by atoms with Crippen molar-refractivity contribution in [2.45, 2.75) is 13.5 Å². The number of hydrogen-bond donors (Lipinski definition) is 1. The quantitative estimate of drug-likeness (QED) is 0.488. The number of allylic oxidation sites excluding steroid dienone is 2. The zero-order valence-corrected chi connectivity index (χ0v) is 10.1. The first-order valence-electron chi connectivity index (χ1n) is 5.45. The van der Waals surface area contributed by atoms with Crippen molar-refractivity contribution in [3.8, 4) is 0 Å². The number of primary amides is 1. The van der Waals surface area contributed by atoms with Crippen molar-refractivity contribution in [2.24, 2.45) is 5.73 Å². The summed E-state index contributed by atoms with van der Waals surface area (Å²) in [5.74, 6) is -0.982. The summed E-state index contributed by atoms with van der Waals surface area (Å²) < 4.78 is 5.09. The maximum Gasteiger partial charge on any atom is 0.334 e. The molecule has 0 bridgehead atoms. The molecule has 0 fully saturated rings. The monoisotopic (exact) mass is 245 g/mol. The molecule has 0 spiro atoms. The van der Waals surface area contributed by atoms with E-state index in [9.17, 15) is 9.59 Å². The van der Waals surface area contributed by atoms with Gasteiger partial charge >= 0.3 is 5.97 Å². The standard InChI is InChI=1S/C14H15NO3/c1-11(6-5-9-13(15)16)14(17)18-10-12-7-3-2-4-8-12/h2-9H,10H2,1H3,(H2,15,16). The molecule has 1 aromatic carbocycles. The molecule has 4 heteroatoms. The fourth-order valence-corrected chi connectivity index (χ4v) is 1.19. The maximum absolute atomic E-state index is 11.6. The Balaban J connectivity index is 2.48. The molecule has 4 nitrogen and oxygen atoms in total. The van der Waals surface area contributed by atoms with E-state index in [4.69, 9.17) is 10.5 Å². The Morgan fingerprint density at radius 3 is 2.56 bits per heavy atom. The summed E-state index contributed by atoms with van der Waals surface area (Å²) in [7, 11) is 0. The van der Waals surface area contributed by atoms with E-state index in [0.29, 0.717) is 5.57 Å². The van der Waals surface area contributed by atoms with Crippen LogP contribution in [0.15, 0.2) is 54.1 Å². The van der Waals surface area contributed by atoms with E-state index in [2.05, 4.69) is 0 Å². The maximum atomic E-state index is 11.6. The van der Waals surface area contributed by atoms with Crippen LogP contribution < -0.4 is 5.73 Å². The van der Waals surface area contributed by atoms with Crippen LogP contribution in [0.3, 0.4) is 0 Å². The second kappa shape index (κ2) is 7.06. The molecule has 0 aromatic heterocycles. The number of carbonyl (C=O) groups excluding carboxylic acids is 2. The molecule has 1 aromatic rings. The van der Waals surface area contributed by atoms with Crippen LogP contribution in [0.5, 0.6) is 0 Å². The highest BCUT2D eigenvalue weighted by Gasteiger charge is 2.04. The average Bonchev–Trinajstić information content (AvgIpc) is 2.36. The minimum absolute atomic E-state index is 0.227. The smallest absolute Gasteiger partial charge is 0.334 e. The minimum atomic E-state index is -0.559. The van der Waals surface area contributed by atoms with Gasteiger partial charge in [-0.25, -0.2) is 4.79 Å². The molecule has 0 aliphatic carbocycles. The molecule has 0 aliphatic rings. The fraction of sp³-hybridized carbons (Fsp3) is 0.143. The van der Waals surface area contributed by atoms with Crippen molar-refractivity contribution in [2.75, 3.05) is 0 Å². The number of nitrogens with two attached hydrogens (primary N) is 1. The van der Waals surface area contributed by atoms with E-state index in [0.717, 1.165) is 5.56 Å². The number of hydrogen-bond acceptors (Lipinski definition) is 3. The summed E-state index contributed by atoms with van der Waals surface area (Å²) in [5, 5.41) is 0. The Hall–Kier alpha value is -2.36. The van der Waals surface area contributed by atoms with Gasteiger partial charge in [-0.05, 0) is 12.5 Å². The first kappa shape index (κ1) is 13.7. The predicted octanol–water partition coefficient (Wildman–Crippen LogP) is 1.72. The molecule has 0 saturated heterocycles. The van der Waals surface area contributed by atoms with Crippen molar-refractivity contribution < 1.29 is 14.3 Å².